The van der Waals surface area contributed by atoms with Crippen LogP contribution in [0.4, 0.5) is 0 Å². The Balaban J connectivity index is 1.85. The maximum atomic E-state index is 6.27. The summed E-state index contributed by atoms with van der Waals surface area (Å²) in [6.45, 7) is 5.05. The van der Waals surface area contributed by atoms with E-state index >= 15 is 0 Å². The first-order valence-corrected chi connectivity index (χ1v) is 7.65. The highest BCUT2D eigenvalue weighted by Gasteiger charge is 2.20. The topological polar surface area (TPSA) is 35.2 Å². The van der Waals surface area contributed by atoms with Gasteiger partial charge in [-0.2, -0.15) is 0 Å². The molecule has 2 nitrogen and oxygen atoms in total. The monoisotopic (exact) mass is 261 g/mol. The Morgan fingerprint density at radius 3 is 2.63 bits per heavy atom. The zero-order chi connectivity index (χ0) is 13.7. The molecule has 2 N–H and O–H groups in total. The second-order valence-electron chi connectivity index (χ2n) is 6.10. The third kappa shape index (κ3) is 4.24. The average Bonchev–Trinajstić information content (AvgIpc) is 2.46. The van der Waals surface area contributed by atoms with Gasteiger partial charge in [-0.05, 0) is 42.4 Å². The van der Waals surface area contributed by atoms with Crippen LogP contribution in [0.1, 0.15) is 57.4 Å². The normalized spacial score (nSPS) is 18.5. The van der Waals surface area contributed by atoms with Crippen molar-refractivity contribution in [3.63, 3.8) is 0 Å². The Morgan fingerprint density at radius 2 is 1.95 bits per heavy atom. The van der Waals surface area contributed by atoms with E-state index in [4.69, 9.17) is 10.5 Å². The maximum Gasteiger partial charge on any atom is 0.119 e. The van der Waals surface area contributed by atoms with Crippen molar-refractivity contribution in [1.82, 2.24) is 0 Å². The van der Waals surface area contributed by atoms with Crippen LogP contribution in [0.25, 0.3) is 0 Å². The molecule has 1 aromatic carbocycles. The molecule has 1 unspecified atom stereocenters. The Hall–Kier alpha value is -1.02. The lowest BCUT2D eigenvalue weighted by Crippen LogP contribution is -2.37. The first-order valence-electron chi connectivity index (χ1n) is 7.65. The molecule has 2 heteroatoms. The van der Waals surface area contributed by atoms with Gasteiger partial charge in [0.1, 0.15) is 12.4 Å². The fraction of sp³-hybridized carbons (Fsp3) is 0.647. The quantitative estimate of drug-likeness (QED) is 0.866. The summed E-state index contributed by atoms with van der Waals surface area (Å²) >= 11 is 0. The minimum Gasteiger partial charge on any atom is -0.492 e. The van der Waals surface area contributed by atoms with Crippen LogP contribution in [-0.2, 0) is 0 Å². The minimum absolute atomic E-state index is 0.183. The van der Waals surface area contributed by atoms with Gasteiger partial charge in [-0.25, -0.2) is 0 Å². The molecule has 0 aromatic heterocycles. The molecule has 0 aliphatic heterocycles. The molecule has 1 saturated carbocycles. The van der Waals surface area contributed by atoms with Crippen molar-refractivity contribution in [2.75, 3.05) is 6.61 Å². The van der Waals surface area contributed by atoms with Gasteiger partial charge in [0.05, 0.1) is 0 Å². The lowest BCUT2D eigenvalue weighted by molar-refractivity contribution is 0.214. The minimum atomic E-state index is 0.183. The standard InChI is InChI=1S/C17H27NO/c1-13(2)15-9-6-10-16(11-15)19-12-17(18)14-7-4-3-5-8-14/h6,9-11,13-14,17H,3-5,7-8,12,18H2,1-2H3. The van der Waals surface area contributed by atoms with Crippen molar-refractivity contribution in [3.8, 4) is 5.75 Å². The van der Waals surface area contributed by atoms with Crippen LogP contribution >= 0.6 is 0 Å². The molecule has 106 valence electrons. The molecule has 0 heterocycles. The predicted molar refractivity (Wildman–Crippen MR) is 80.6 cm³/mol. The third-order valence-corrected chi connectivity index (χ3v) is 4.22. The molecule has 1 aliphatic carbocycles. The van der Waals surface area contributed by atoms with Crippen molar-refractivity contribution >= 4 is 0 Å². The summed E-state index contributed by atoms with van der Waals surface area (Å²) in [6.07, 6.45) is 6.59. The first-order chi connectivity index (χ1) is 9.16. The average molecular weight is 261 g/mol. The van der Waals surface area contributed by atoms with E-state index in [2.05, 4.69) is 32.0 Å². The summed E-state index contributed by atoms with van der Waals surface area (Å²) in [5.74, 6) is 2.15. The van der Waals surface area contributed by atoms with Gasteiger partial charge in [-0.3, -0.25) is 0 Å². The Bertz CT molecular complexity index is 383. The number of ether oxygens (including phenoxy) is 1. The second kappa shape index (κ2) is 6.95. The number of nitrogens with two attached hydrogens (primary N) is 1. The van der Waals surface area contributed by atoms with Gasteiger partial charge in [0.2, 0.25) is 0 Å². The molecule has 0 spiro atoms. The number of hydrogen-bond donors (Lipinski definition) is 1. The van der Waals surface area contributed by atoms with Crippen molar-refractivity contribution in [3.05, 3.63) is 29.8 Å². The van der Waals surface area contributed by atoms with Crippen LogP contribution in [-0.4, -0.2) is 12.6 Å². The first kappa shape index (κ1) is 14.4. The van der Waals surface area contributed by atoms with Crippen molar-refractivity contribution in [1.29, 1.82) is 0 Å². The molecule has 0 radical (unpaired) electrons. The molecule has 0 bridgehead atoms. The van der Waals surface area contributed by atoms with E-state index in [0.717, 1.165) is 5.75 Å². The Kier molecular flexibility index (Phi) is 5.26. The Morgan fingerprint density at radius 1 is 1.21 bits per heavy atom. The summed E-state index contributed by atoms with van der Waals surface area (Å²) < 4.78 is 5.89. The van der Waals surface area contributed by atoms with Gasteiger partial charge < -0.3 is 10.5 Å². The van der Waals surface area contributed by atoms with Crippen molar-refractivity contribution < 1.29 is 4.74 Å². The summed E-state index contributed by atoms with van der Waals surface area (Å²) in [5, 5.41) is 0. The van der Waals surface area contributed by atoms with E-state index in [1.807, 2.05) is 6.07 Å². The third-order valence-electron chi connectivity index (χ3n) is 4.22. The zero-order valence-electron chi connectivity index (χ0n) is 12.3. The molecular weight excluding hydrogens is 234 g/mol. The maximum absolute atomic E-state index is 6.27. The van der Waals surface area contributed by atoms with E-state index in [0.29, 0.717) is 18.4 Å². The molecule has 19 heavy (non-hydrogen) atoms. The highest BCUT2D eigenvalue weighted by Crippen LogP contribution is 2.26. The van der Waals surface area contributed by atoms with Crippen LogP contribution in [0.15, 0.2) is 24.3 Å². The largest absolute Gasteiger partial charge is 0.492 e. The van der Waals surface area contributed by atoms with Crippen LogP contribution in [0, 0.1) is 5.92 Å². The van der Waals surface area contributed by atoms with Crippen LogP contribution < -0.4 is 10.5 Å². The van der Waals surface area contributed by atoms with E-state index in [1.54, 1.807) is 0 Å². The second-order valence-corrected chi connectivity index (χ2v) is 6.10. The smallest absolute Gasteiger partial charge is 0.119 e. The molecule has 0 saturated heterocycles. The highest BCUT2D eigenvalue weighted by atomic mass is 16.5. The lowest BCUT2D eigenvalue weighted by atomic mass is 9.84. The molecule has 1 aliphatic rings. The van der Waals surface area contributed by atoms with Crippen LogP contribution in [0.2, 0.25) is 0 Å². The number of hydrogen-bond acceptors (Lipinski definition) is 2. The SMILES string of the molecule is CC(C)c1cccc(OCC(N)C2CCCCC2)c1. The van der Waals surface area contributed by atoms with Crippen molar-refractivity contribution in [2.24, 2.45) is 11.7 Å². The molecular formula is C17H27NO. The molecule has 1 fully saturated rings. The predicted octanol–water partition coefficient (Wildman–Crippen LogP) is 4.10. The summed E-state index contributed by atoms with van der Waals surface area (Å²) in [4.78, 5) is 0. The Labute approximate surface area is 117 Å². The van der Waals surface area contributed by atoms with Gasteiger partial charge in [0, 0.05) is 6.04 Å². The number of benzene rings is 1. The highest BCUT2D eigenvalue weighted by molar-refractivity contribution is 5.30. The molecule has 2 rings (SSSR count). The van der Waals surface area contributed by atoms with Gasteiger partial charge in [-0.15, -0.1) is 0 Å². The van der Waals surface area contributed by atoms with Gasteiger partial charge in [-0.1, -0.05) is 45.2 Å². The van der Waals surface area contributed by atoms with E-state index in [9.17, 15) is 0 Å². The lowest BCUT2D eigenvalue weighted by Gasteiger charge is -2.27. The van der Waals surface area contributed by atoms with Gasteiger partial charge in [0.15, 0.2) is 0 Å². The summed E-state index contributed by atoms with van der Waals surface area (Å²) in [7, 11) is 0. The molecule has 0 amide bonds. The molecule has 1 aromatic rings. The summed E-state index contributed by atoms with van der Waals surface area (Å²) in [6, 6.07) is 8.57. The fourth-order valence-corrected chi connectivity index (χ4v) is 2.85. The fourth-order valence-electron chi connectivity index (χ4n) is 2.85. The van der Waals surface area contributed by atoms with E-state index < -0.39 is 0 Å². The van der Waals surface area contributed by atoms with Crippen LogP contribution in [0.5, 0.6) is 5.75 Å². The van der Waals surface area contributed by atoms with Crippen molar-refractivity contribution in [2.45, 2.75) is 57.9 Å². The van der Waals surface area contributed by atoms with Crippen LogP contribution in [0.3, 0.4) is 0 Å². The van der Waals surface area contributed by atoms with E-state index in [-0.39, 0.29) is 6.04 Å². The van der Waals surface area contributed by atoms with Gasteiger partial charge >= 0.3 is 0 Å². The molecule has 1 atom stereocenters. The zero-order valence-corrected chi connectivity index (χ0v) is 12.3. The summed E-state index contributed by atoms with van der Waals surface area (Å²) in [5.41, 5.74) is 7.59. The van der Waals surface area contributed by atoms with Gasteiger partial charge in [0.25, 0.3) is 0 Å². The number of rotatable bonds is 5. The van der Waals surface area contributed by atoms with E-state index in [1.165, 1.54) is 37.7 Å².